The second kappa shape index (κ2) is 6.82. The summed E-state index contributed by atoms with van der Waals surface area (Å²) in [6.07, 6.45) is 6.96. The average Bonchev–Trinajstić information content (AvgIpc) is 2.28. The predicted molar refractivity (Wildman–Crippen MR) is 71.2 cm³/mol. The van der Waals surface area contributed by atoms with Gasteiger partial charge in [0.1, 0.15) is 0 Å². The van der Waals surface area contributed by atoms with Crippen LogP contribution in [0, 0.1) is 31.8 Å². The third-order valence-electron chi connectivity index (χ3n) is 2.51. The Labute approximate surface area is 118 Å². The monoisotopic (exact) mass is 255 g/mol. The minimum absolute atomic E-state index is 0. The first-order chi connectivity index (χ1) is 5.71. The molecule has 0 N–H and O–H groups in total. The first-order valence-electron chi connectivity index (χ1n) is 5.05. The first kappa shape index (κ1) is 21.5. The van der Waals surface area contributed by atoms with Crippen molar-refractivity contribution >= 4 is 0 Å². The fourth-order valence-electron chi connectivity index (χ4n) is 1.46. The van der Waals surface area contributed by atoms with Crippen molar-refractivity contribution in [2.45, 2.75) is 48.0 Å². The van der Waals surface area contributed by atoms with Crippen LogP contribution in [0.3, 0.4) is 0 Å². The smallest absolute Gasteiger partial charge is 0.358 e. The van der Waals surface area contributed by atoms with E-state index in [0.717, 1.165) is 6.42 Å². The Balaban J connectivity index is -0.000000563. The van der Waals surface area contributed by atoms with E-state index in [1.54, 1.807) is 0 Å². The minimum atomic E-state index is 0. The molecule has 0 atom stereocenters. The van der Waals surface area contributed by atoms with E-state index < -0.39 is 0 Å². The second-order valence-electron chi connectivity index (χ2n) is 5.93. The van der Waals surface area contributed by atoms with Crippen molar-refractivity contribution in [3.63, 3.8) is 0 Å². The Hall–Kier alpha value is 0.194. The fourth-order valence-corrected chi connectivity index (χ4v) is 1.46. The molecule has 0 saturated heterocycles. The van der Waals surface area contributed by atoms with Crippen LogP contribution in [0.15, 0.2) is 17.2 Å². The molecule has 0 saturated carbocycles. The minimum Gasteiger partial charge on any atom is -0.358 e. The molecule has 1 aliphatic carbocycles. The van der Waals surface area contributed by atoms with Gasteiger partial charge in [0.05, 0.1) is 0 Å². The molecule has 0 spiro atoms. The van der Waals surface area contributed by atoms with E-state index in [2.05, 4.69) is 53.7 Å². The van der Waals surface area contributed by atoms with Crippen LogP contribution < -0.4 is 0 Å². The van der Waals surface area contributed by atoms with Crippen molar-refractivity contribution in [1.29, 1.82) is 0 Å². The third-order valence-corrected chi connectivity index (χ3v) is 2.51. The zero-order valence-electron chi connectivity index (χ0n) is 12.3. The second-order valence-corrected chi connectivity index (χ2v) is 5.93. The largest absolute Gasteiger partial charge is 3.00 e. The maximum Gasteiger partial charge on any atom is 3.00 e. The van der Waals surface area contributed by atoms with Crippen molar-refractivity contribution < 1.29 is 21.7 Å². The summed E-state index contributed by atoms with van der Waals surface area (Å²) in [6.45, 7) is 13.5. The van der Waals surface area contributed by atoms with E-state index in [4.69, 9.17) is 0 Å². The van der Waals surface area contributed by atoms with Gasteiger partial charge in [-0.15, -0.1) is 0 Å². The summed E-state index contributed by atoms with van der Waals surface area (Å²) in [5, 5.41) is 0. The molecular formula is C15H27Ti. The van der Waals surface area contributed by atoms with Crippen LogP contribution >= 0.6 is 0 Å². The summed E-state index contributed by atoms with van der Waals surface area (Å²) >= 11 is 0. The molecule has 0 bridgehead atoms. The summed E-state index contributed by atoms with van der Waals surface area (Å²) in [4.78, 5) is 0. The van der Waals surface area contributed by atoms with Gasteiger partial charge in [0, 0.05) is 0 Å². The zero-order valence-corrected chi connectivity index (χ0v) is 13.8. The van der Waals surface area contributed by atoms with Gasteiger partial charge in [-0.1, -0.05) is 48.0 Å². The molecular weight excluding hydrogens is 228 g/mol. The molecule has 1 radical (unpaired) electrons. The van der Waals surface area contributed by atoms with Crippen LogP contribution in [0.4, 0.5) is 0 Å². The van der Waals surface area contributed by atoms with E-state index in [-0.39, 0.29) is 47.4 Å². The van der Waals surface area contributed by atoms with Gasteiger partial charge in [-0.2, -0.15) is 5.57 Å². The Morgan fingerprint density at radius 1 is 0.938 bits per heavy atom. The maximum atomic E-state index is 3.55. The molecule has 0 unspecified atom stereocenters. The number of rotatable bonds is 0. The van der Waals surface area contributed by atoms with Crippen molar-refractivity contribution in [1.82, 2.24) is 0 Å². The molecule has 0 amide bonds. The maximum absolute atomic E-state index is 3.55. The number of allylic oxidation sites excluding steroid dienone is 4. The third kappa shape index (κ3) is 5.50. The summed E-state index contributed by atoms with van der Waals surface area (Å²) in [6, 6.07) is 0. The van der Waals surface area contributed by atoms with E-state index >= 15 is 0 Å². The van der Waals surface area contributed by atoms with Gasteiger partial charge >= 0.3 is 21.7 Å². The van der Waals surface area contributed by atoms with Gasteiger partial charge in [0.15, 0.2) is 0 Å². The van der Waals surface area contributed by atoms with Gasteiger partial charge in [0.25, 0.3) is 0 Å². The normalized spacial score (nSPS) is 15.1. The average molecular weight is 255 g/mol. The van der Waals surface area contributed by atoms with Crippen molar-refractivity contribution in [3.05, 3.63) is 38.2 Å². The summed E-state index contributed by atoms with van der Waals surface area (Å²) in [7, 11) is 0. The van der Waals surface area contributed by atoms with E-state index in [1.165, 1.54) is 11.1 Å². The van der Waals surface area contributed by atoms with Crippen LogP contribution in [0.25, 0.3) is 0 Å². The van der Waals surface area contributed by atoms with Gasteiger partial charge < -0.3 is 14.9 Å². The molecule has 1 rings (SSSR count). The molecule has 0 aromatic heterocycles. The molecule has 1 heteroatoms. The van der Waals surface area contributed by atoms with Crippen LogP contribution in [0.5, 0.6) is 0 Å². The standard InChI is InChI=1S/C13H21.2CH3.Ti/c1-12(2,3)10-7-8-11(9-10)13(4,5)6;;;/h7H,8H2,1-6H3;2*1H3;/q3*-1;+3. The van der Waals surface area contributed by atoms with E-state index in [9.17, 15) is 0 Å². The van der Waals surface area contributed by atoms with Gasteiger partial charge in [0.2, 0.25) is 0 Å². The van der Waals surface area contributed by atoms with E-state index in [1.807, 2.05) is 0 Å². The quantitative estimate of drug-likeness (QED) is 0.420. The number of hydrogen-bond acceptors (Lipinski definition) is 0. The predicted octanol–water partition coefficient (Wildman–Crippen LogP) is 5.04. The summed E-state index contributed by atoms with van der Waals surface area (Å²) < 4.78 is 0. The van der Waals surface area contributed by atoms with Crippen LogP contribution in [-0.2, 0) is 21.7 Å². The molecule has 0 aromatic carbocycles. The van der Waals surface area contributed by atoms with Gasteiger partial charge in [-0.25, -0.2) is 17.7 Å². The van der Waals surface area contributed by atoms with Gasteiger partial charge in [-0.05, 0) is 10.8 Å². The zero-order chi connectivity index (χ0) is 10.3. The molecule has 0 fully saturated rings. The molecule has 0 nitrogen and oxygen atoms in total. The first-order valence-corrected chi connectivity index (χ1v) is 5.05. The Bertz CT molecular complexity index is 256. The van der Waals surface area contributed by atoms with Crippen LogP contribution in [-0.4, -0.2) is 0 Å². The van der Waals surface area contributed by atoms with Crippen molar-refractivity contribution in [3.8, 4) is 0 Å². The Morgan fingerprint density at radius 2 is 1.38 bits per heavy atom. The summed E-state index contributed by atoms with van der Waals surface area (Å²) in [5.41, 5.74) is 3.35. The molecule has 0 aliphatic heterocycles. The van der Waals surface area contributed by atoms with Crippen molar-refractivity contribution in [2.75, 3.05) is 0 Å². The topological polar surface area (TPSA) is 0 Å². The molecule has 91 valence electrons. The molecule has 1 aliphatic rings. The SMILES string of the molecule is CC(C)(C)C1=[C-]C(C(C)(C)C)=CC1.[CH3-].[CH3-].[Ti+3]. The molecule has 0 aromatic rings. The van der Waals surface area contributed by atoms with Crippen LogP contribution in [0.2, 0.25) is 0 Å². The molecule has 0 heterocycles. The van der Waals surface area contributed by atoms with Crippen molar-refractivity contribution in [2.24, 2.45) is 10.8 Å². The Kier molecular flexibility index (Phi) is 9.15. The van der Waals surface area contributed by atoms with Gasteiger partial charge in [-0.3, -0.25) is 0 Å². The van der Waals surface area contributed by atoms with E-state index in [0.29, 0.717) is 0 Å². The van der Waals surface area contributed by atoms with Crippen LogP contribution in [0.1, 0.15) is 48.0 Å². The summed E-state index contributed by atoms with van der Waals surface area (Å²) in [5.74, 6) is 0. The fraction of sp³-hybridized carbons (Fsp3) is 0.600. The number of hydrogen-bond donors (Lipinski definition) is 0. The molecule has 16 heavy (non-hydrogen) atoms. The Morgan fingerprint density at radius 3 is 1.56 bits per heavy atom.